The molecule has 0 aliphatic carbocycles. The molecule has 0 aliphatic rings. The van der Waals surface area contributed by atoms with Gasteiger partial charge in [-0.15, -0.1) is 5.92 Å². The Hall–Kier alpha value is 0.0400. The fraction of sp³-hybridized carbons (Fsp3) is 0.250. The third kappa shape index (κ3) is 4.04. The summed E-state index contributed by atoms with van der Waals surface area (Å²) in [7, 11) is 0. The number of hydrogen-bond acceptors (Lipinski definition) is 0. The summed E-state index contributed by atoms with van der Waals surface area (Å²) in [6.07, 6.45) is 0. The van der Waals surface area contributed by atoms with E-state index in [1.54, 1.807) is 0 Å². The molecule has 0 bridgehead atoms. The normalized spacial score (nSPS) is 5.20. The van der Waals surface area contributed by atoms with Crippen LogP contribution in [0.5, 0.6) is 0 Å². The topological polar surface area (TPSA) is 0 Å². The predicted octanol–water partition coefficient (Wildman–Crippen LogP) is 1.22. The van der Waals surface area contributed by atoms with E-state index in [-0.39, 0.29) is 0 Å². The lowest BCUT2D eigenvalue weighted by molar-refractivity contribution is 1.99. The molecule has 0 heterocycles. The van der Waals surface area contributed by atoms with Crippen LogP contribution in [0.1, 0.15) is 0 Å². The van der Waals surface area contributed by atoms with Crippen molar-refractivity contribution in [1.82, 2.24) is 0 Å². The number of hydrogen-bond donors (Lipinski definition) is 0. The zero-order chi connectivity index (χ0) is 4.12. The lowest BCUT2D eigenvalue weighted by Crippen LogP contribution is -1.51. The second-order valence-electron chi connectivity index (χ2n) is 0.487. The third-order valence-electron chi connectivity index (χ3n) is 0.192. The molecule has 0 rings (SSSR count). The second-order valence-corrected chi connectivity index (χ2v) is 1.05. The lowest BCUT2D eigenvalue weighted by atomic mass is 10.7. The van der Waals surface area contributed by atoms with Crippen LogP contribution in [-0.2, 0) is 0 Å². The van der Waals surface area contributed by atoms with Gasteiger partial charge in [0, 0.05) is 6.92 Å². The van der Waals surface area contributed by atoms with E-state index in [1.165, 1.54) is 0 Å². The molecule has 0 saturated carbocycles. The molecule has 5 heavy (non-hydrogen) atoms. The van der Waals surface area contributed by atoms with Gasteiger partial charge in [-0.2, -0.15) is 0 Å². The van der Waals surface area contributed by atoms with E-state index in [1.807, 2.05) is 0 Å². The van der Waals surface area contributed by atoms with Gasteiger partial charge in [0.2, 0.25) is 0 Å². The van der Waals surface area contributed by atoms with Gasteiger partial charge >= 0.3 is 0 Å². The molecule has 0 aliphatic heterocycles. The largest absolute Gasteiger partial charge is 0.101 e. The molecule has 0 N–H and O–H groups in total. The van der Waals surface area contributed by atoms with Gasteiger partial charge in [0.15, 0.2) is 0 Å². The molecule has 0 saturated heterocycles. The second kappa shape index (κ2) is 4.04. The number of alkyl halides is 1. The van der Waals surface area contributed by atoms with Crippen molar-refractivity contribution >= 4 is 15.9 Å². The maximum Gasteiger partial charge on any atom is 0.0645 e. The first-order chi connectivity index (χ1) is 2.41. The van der Waals surface area contributed by atoms with E-state index >= 15 is 0 Å². The summed E-state index contributed by atoms with van der Waals surface area (Å²) in [6, 6.07) is 0. The van der Waals surface area contributed by atoms with Crippen LogP contribution in [0.2, 0.25) is 0 Å². The van der Waals surface area contributed by atoms with Crippen LogP contribution in [0, 0.1) is 18.8 Å². The standard InChI is InChI=1S/C4H4Br/c1-2-3-4-5/h1,4H2. The minimum atomic E-state index is 0.733. The minimum absolute atomic E-state index is 0.733. The highest BCUT2D eigenvalue weighted by atomic mass is 79.9. The molecule has 0 amide bonds. The Morgan fingerprint density at radius 2 is 2.40 bits per heavy atom. The molecule has 0 spiro atoms. The van der Waals surface area contributed by atoms with Crippen molar-refractivity contribution in [2.45, 2.75) is 0 Å². The van der Waals surface area contributed by atoms with Gasteiger partial charge in [0.05, 0.1) is 5.33 Å². The molecule has 0 unspecified atom stereocenters. The SMILES string of the molecule is [CH2]C#CCBr. The molecule has 0 nitrogen and oxygen atoms in total. The van der Waals surface area contributed by atoms with Crippen molar-refractivity contribution in [3.63, 3.8) is 0 Å². The summed E-state index contributed by atoms with van der Waals surface area (Å²) >= 11 is 3.10. The van der Waals surface area contributed by atoms with Crippen LogP contribution >= 0.6 is 15.9 Å². The highest BCUT2D eigenvalue weighted by molar-refractivity contribution is 9.09. The van der Waals surface area contributed by atoms with E-state index in [4.69, 9.17) is 0 Å². The van der Waals surface area contributed by atoms with Gasteiger partial charge in [0.25, 0.3) is 0 Å². The molecule has 0 aromatic rings. The van der Waals surface area contributed by atoms with Gasteiger partial charge in [-0.25, -0.2) is 0 Å². The Kier molecular flexibility index (Phi) is 4.07. The van der Waals surface area contributed by atoms with Crippen molar-refractivity contribution in [2.24, 2.45) is 0 Å². The maximum atomic E-state index is 3.28. The lowest BCUT2D eigenvalue weighted by Gasteiger charge is -1.56. The highest BCUT2D eigenvalue weighted by Crippen LogP contribution is 1.70. The summed E-state index contributed by atoms with van der Waals surface area (Å²) < 4.78 is 0. The summed E-state index contributed by atoms with van der Waals surface area (Å²) in [6.45, 7) is 3.28. The van der Waals surface area contributed by atoms with Gasteiger partial charge in [0.1, 0.15) is 0 Å². The van der Waals surface area contributed by atoms with Crippen molar-refractivity contribution in [3.8, 4) is 11.8 Å². The molecule has 0 aromatic heterocycles. The Morgan fingerprint density at radius 1 is 1.80 bits per heavy atom. The number of rotatable bonds is 0. The van der Waals surface area contributed by atoms with Crippen LogP contribution in [0.4, 0.5) is 0 Å². The molecule has 27 valence electrons. The van der Waals surface area contributed by atoms with Crippen molar-refractivity contribution in [1.29, 1.82) is 0 Å². The molecule has 1 radical (unpaired) electrons. The van der Waals surface area contributed by atoms with E-state index in [2.05, 4.69) is 34.7 Å². The molecule has 0 atom stereocenters. The molecule has 1 heteroatoms. The number of halogens is 1. The summed E-state index contributed by atoms with van der Waals surface area (Å²) in [5, 5.41) is 0.733. The van der Waals surface area contributed by atoms with Gasteiger partial charge in [-0.1, -0.05) is 21.9 Å². The van der Waals surface area contributed by atoms with Crippen LogP contribution in [0.3, 0.4) is 0 Å². The monoisotopic (exact) mass is 131 g/mol. The van der Waals surface area contributed by atoms with Crippen LogP contribution < -0.4 is 0 Å². The Labute approximate surface area is 40.7 Å². The molecule has 0 fully saturated rings. The summed E-state index contributed by atoms with van der Waals surface area (Å²) in [5.41, 5.74) is 0. The molecular weight excluding hydrogens is 128 g/mol. The van der Waals surface area contributed by atoms with E-state index in [0.29, 0.717) is 0 Å². The summed E-state index contributed by atoms with van der Waals surface area (Å²) in [5.74, 6) is 5.14. The zero-order valence-corrected chi connectivity index (χ0v) is 4.38. The smallest absolute Gasteiger partial charge is 0.0645 e. The van der Waals surface area contributed by atoms with Crippen molar-refractivity contribution in [3.05, 3.63) is 6.92 Å². The average molecular weight is 132 g/mol. The van der Waals surface area contributed by atoms with E-state index < -0.39 is 0 Å². The minimum Gasteiger partial charge on any atom is -0.101 e. The molecular formula is C4H4Br. The fourth-order valence-corrected chi connectivity index (χ4v) is 0.245. The maximum absolute atomic E-state index is 3.28. The fourth-order valence-electron chi connectivity index (χ4n) is 0.0472. The van der Waals surface area contributed by atoms with Crippen LogP contribution in [0.15, 0.2) is 0 Å². The van der Waals surface area contributed by atoms with Crippen molar-refractivity contribution in [2.75, 3.05) is 5.33 Å². The Morgan fingerprint density at radius 3 is 2.40 bits per heavy atom. The average Bonchev–Trinajstić information content (AvgIpc) is 1.41. The highest BCUT2D eigenvalue weighted by Gasteiger charge is 1.51. The van der Waals surface area contributed by atoms with Crippen LogP contribution in [0.25, 0.3) is 0 Å². The Bertz CT molecular complexity index is 55.8. The first kappa shape index (κ1) is 5.04. The van der Waals surface area contributed by atoms with Gasteiger partial charge in [-0.05, 0) is 0 Å². The molecule has 0 aromatic carbocycles. The predicted molar refractivity (Wildman–Crippen MR) is 26.9 cm³/mol. The quantitative estimate of drug-likeness (QED) is 0.343. The van der Waals surface area contributed by atoms with E-state index in [9.17, 15) is 0 Å². The third-order valence-corrected chi connectivity index (χ3v) is 0.472. The zero-order valence-electron chi connectivity index (χ0n) is 2.79. The Balaban J connectivity index is 2.81. The first-order valence-corrected chi connectivity index (χ1v) is 2.35. The summed E-state index contributed by atoms with van der Waals surface area (Å²) in [4.78, 5) is 0. The van der Waals surface area contributed by atoms with E-state index in [0.717, 1.165) is 5.33 Å². The van der Waals surface area contributed by atoms with Gasteiger partial charge < -0.3 is 0 Å². The van der Waals surface area contributed by atoms with Gasteiger partial charge in [-0.3, -0.25) is 0 Å². The van der Waals surface area contributed by atoms with Crippen LogP contribution in [-0.4, -0.2) is 5.33 Å². The first-order valence-electron chi connectivity index (χ1n) is 1.22. The van der Waals surface area contributed by atoms with Crippen molar-refractivity contribution < 1.29 is 0 Å².